The van der Waals surface area contributed by atoms with Crippen molar-refractivity contribution in [1.29, 1.82) is 0 Å². The van der Waals surface area contributed by atoms with Crippen LogP contribution in [0.2, 0.25) is 0 Å². The van der Waals surface area contributed by atoms with E-state index in [4.69, 9.17) is 9.47 Å². The van der Waals surface area contributed by atoms with Gasteiger partial charge < -0.3 is 14.4 Å². The third kappa shape index (κ3) is 4.34. The summed E-state index contributed by atoms with van der Waals surface area (Å²) < 4.78 is 11.3. The molecule has 1 aliphatic heterocycles. The fraction of sp³-hybridized carbons (Fsp3) is 0.733. The van der Waals surface area contributed by atoms with Crippen molar-refractivity contribution < 1.29 is 9.47 Å². The Morgan fingerprint density at radius 2 is 2.05 bits per heavy atom. The third-order valence-corrected chi connectivity index (χ3v) is 3.35. The van der Waals surface area contributed by atoms with Crippen LogP contribution >= 0.6 is 0 Å². The van der Waals surface area contributed by atoms with Gasteiger partial charge in [-0.2, -0.15) is 0 Å². The van der Waals surface area contributed by atoms with Gasteiger partial charge >= 0.3 is 0 Å². The van der Waals surface area contributed by atoms with Crippen LogP contribution in [0.25, 0.3) is 0 Å². The SMILES string of the molecule is CCOc1cc(N2CCC(OCC(C)C)CC2)ncn1. The monoisotopic (exact) mass is 279 g/mol. The molecule has 1 aromatic rings. The summed E-state index contributed by atoms with van der Waals surface area (Å²) in [6, 6.07) is 1.92. The average Bonchev–Trinajstić information content (AvgIpc) is 2.46. The second-order valence-corrected chi connectivity index (χ2v) is 5.56. The molecule has 2 rings (SSSR count). The van der Waals surface area contributed by atoms with Gasteiger partial charge in [-0.25, -0.2) is 9.97 Å². The number of hydrogen-bond acceptors (Lipinski definition) is 5. The number of anilines is 1. The van der Waals surface area contributed by atoms with Crippen LogP contribution in [0.3, 0.4) is 0 Å². The first-order valence-corrected chi connectivity index (χ1v) is 7.50. The zero-order valence-corrected chi connectivity index (χ0v) is 12.7. The van der Waals surface area contributed by atoms with Crippen molar-refractivity contribution >= 4 is 5.82 Å². The van der Waals surface area contributed by atoms with Crippen LogP contribution < -0.4 is 9.64 Å². The third-order valence-electron chi connectivity index (χ3n) is 3.35. The zero-order valence-electron chi connectivity index (χ0n) is 12.7. The molecule has 0 radical (unpaired) electrons. The van der Waals surface area contributed by atoms with Gasteiger partial charge in [0.05, 0.1) is 12.7 Å². The smallest absolute Gasteiger partial charge is 0.218 e. The van der Waals surface area contributed by atoms with E-state index in [-0.39, 0.29) is 0 Å². The predicted octanol–water partition coefficient (Wildman–Crippen LogP) is 2.52. The molecule has 5 nitrogen and oxygen atoms in total. The molecule has 0 bridgehead atoms. The number of rotatable bonds is 6. The summed E-state index contributed by atoms with van der Waals surface area (Å²) in [5.74, 6) is 2.20. The molecule has 0 atom stereocenters. The number of piperidine rings is 1. The molecule has 2 heterocycles. The van der Waals surface area contributed by atoms with Crippen molar-refractivity contribution in [1.82, 2.24) is 9.97 Å². The van der Waals surface area contributed by atoms with E-state index in [2.05, 4.69) is 28.7 Å². The lowest BCUT2D eigenvalue weighted by Gasteiger charge is -2.33. The highest BCUT2D eigenvalue weighted by Gasteiger charge is 2.21. The summed E-state index contributed by atoms with van der Waals surface area (Å²) in [4.78, 5) is 10.7. The highest BCUT2D eigenvalue weighted by atomic mass is 16.5. The maximum absolute atomic E-state index is 5.91. The van der Waals surface area contributed by atoms with Gasteiger partial charge in [-0.3, -0.25) is 0 Å². The highest BCUT2D eigenvalue weighted by Crippen LogP contribution is 2.22. The summed E-state index contributed by atoms with van der Waals surface area (Å²) in [7, 11) is 0. The molecule has 0 amide bonds. The molecule has 1 saturated heterocycles. The first-order chi connectivity index (χ1) is 9.69. The van der Waals surface area contributed by atoms with Gasteiger partial charge in [0, 0.05) is 25.8 Å². The maximum atomic E-state index is 5.91. The normalized spacial score (nSPS) is 16.7. The molecule has 0 aliphatic carbocycles. The van der Waals surface area contributed by atoms with Gasteiger partial charge in [0.25, 0.3) is 0 Å². The predicted molar refractivity (Wildman–Crippen MR) is 79.2 cm³/mol. The molecule has 0 N–H and O–H groups in total. The van der Waals surface area contributed by atoms with E-state index in [0.29, 0.717) is 24.5 Å². The summed E-state index contributed by atoms with van der Waals surface area (Å²) in [6.45, 7) is 9.76. The van der Waals surface area contributed by atoms with E-state index in [1.807, 2.05) is 13.0 Å². The van der Waals surface area contributed by atoms with E-state index < -0.39 is 0 Å². The fourth-order valence-corrected chi connectivity index (χ4v) is 2.31. The lowest BCUT2D eigenvalue weighted by Crippen LogP contribution is -2.37. The molecule has 1 aromatic heterocycles. The Hall–Kier alpha value is -1.36. The second-order valence-electron chi connectivity index (χ2n) is 5.56. The van der Waals surface area contributed by atoms with Gasteiger partial charge in [0.15, 0.2) is 0 Å². The Bertz CT molecular complexity index is 404. The van der Waals surface area contributed by atoms with Crippen LogP contribution in [0.4, 0.5) is 5.82 Å². The number of aromatic nitrogens is 2. The van der Waals surface area contributed by atoms with Crippen LogP contribution in [0.15, 0.2) is 12.4 Å². The first-order valence-electron chi connectivity index (χ1n) is 7.50. The molecular weight excluding hydrogens is 254 g/mol. The van der Waals surface area contributed by atoms with Crippen LogP contribution in [0.5, 0.6) is 5.88 Å². The molecule has 0 saturated carbocycles. The van der Waals surface area contributed by atoms with Crippen molar-refractivity contribution in [3.05, 3.63) is 12.4 Å². The van der Waals surface area contributed by atoms with Crippen LogP contribution in [-0.4, -0.2) is 42.4 Å². The van der Waals surface area contributed by atoms with Crippen molar-refractivity contribution in [2.75, 3.05) is 31.2 Å². The lowest BCUT2D eigenvalue weighted by atomic mass is 10.1. The van der Waals surface area contributed by atoms with Crippen molar-refractivity contribution in [3.8, 4) is 5.88 Å². The minimum atomic E-state index is 0.391. The molecule has 20 heavy (non-hydrogen) atoms. The molecular formula is C15H25N3O2. The molecule has 0 unspecified atom stereocenters. The number of hydrogen-bond donors (Lipinski definition) is 0. The van der Waals surface area contributed by atoms with Crippen LogP contribution in [0, 0.1) is 5.92 Å². The number of ether oxygens (including phenoxy) is 2. The molecule has 1 aliphatic rings. The molecule has 0 aromatic carbocycles. The molecule has 5 heteroatoms. The van der Waals surface area contributed by atoms with Gasteiger partial charge in [-0.15, -0.1) is 0 Å². The van der Waals surface area contributed by atoms with Gasteiger partial charge in [0.2, 0.25) is 5.88 Å². The Balaban J connectivity index is 1.85. The minimum absolute atomic E-state index is 0.391. The largest absolute Gasteiger partial charge is 0.478 e. The maximum Gasteiger partial charge on any atom is 0.218 e. The Morgan fingerprint density at radius 1 is 1.30 bits per heavy atom. The van der Waals surface area contributed by atoms with E-state index >= 15 is 0 Å². The lowest BCUT2D eigenvalue weighted by molar-refractivity contribution is 0.0214. The van der Waals surface area contributed by atoms with Gasteiger partial charge in [0.1, 0.15) is 12.1 Å². The highest BCUT2D eigenvalue weighted by molar-refractivity contribution is 5.41. The Labute approximate surface area is 121 Å². The van der Waals surface area contributed by atoms with Crippen LogP contribution in [-0.2, 0) is 4.74 Å². The van der Waals surface area contributed by atoms with Crippen molar-refractivity contribution in [3.63, 3.8) is 0 Å². The summed E-state index contributed by atoms with van der Waals surface area (Å²) in [6.07, 6.45) is 4.07. The average molecular weight is 279 g/mol. The van der Waals surface area contributed by atoms with E-state index in [0.717, 1.165) is 38.4 Å². The molecule has 0 spiro atoms. The molecule has 112 valence electrons. The van der Waals surface area contributed by atoms with Crippen LogP contribution in [0.1, 0.15) is 33.6 Å². The standard InChI is InChI=1S/C15H25N3O2/c1-4-19-15-9-14(16-11-17-15)18-7-5-13(6-8-18)20-10-12(2)3/h9,11-13H,4-8,10H2,1-3H3. The summed E-state index contributed by atoms with van der Waals surface area (Å²) in [5.41, 5.74) is 0. The summed E-state index contributed by atoms with van der Waals surface area (Å²) >= 11 is 0. The fourth-order valence-electron chi connectivity index (χ4n) is 2.31. The summed E-state index contributed by atoms with van der Waals surface area (Å²) in [5, 5.41) is 0. The van der Waals surface area contributed by atoms with Crippen molar-refractivity contribution in [2.45, 2.75) is 39.7 Å². The Morgan fingerprint density at radius 3 is 2.70 bits per heavy atom. The minimum Gasteiger partial charge on any atom is -0.478 e. The molecule has 1 fully saturated rings. The van der Waals surface area contributed by atoms with E-state index in [1.165, 1.54) is 0 Å². The van der Waals surface area contributed by atoms with E-state index in [9.17, 15) is 0 Å². The second kappa shape index (κ2) is 7.43. The van der Waals surface area contributed by atoms with Gasteiger partial charge in [-0.05, 0) is 25.7 Å². The van der Waals surface area contributed by atoms with E-state index in [1.54, 1.807) is 6.33 Å². The Kier molecular flexibility index (Phi) is 5.59. The van der Waals surface area contributed by atoms with Crippen molar-refractivity contribution in [2.24, 2.45) is 5.92 Å². The quantitative estimate of drug-likeness (QED) is 0.800. The first kappa shape index (κ1) is 15.0. The topological polar surface area (TPSA) is 47.5 Å². The van der Waals surface area contributed by atoms with Gasteiger partial charge in [-0.1, -0.05) is 13.8 Å². The number of nitrogens with zero attached hydrogens (tertiary/aromatic N) is 3. The zero-order chi connectivity index (χ0) is 14.4.